The first kappa shape index (κ1) is 17.3. The molecule has 1 N–H and O–H groups in total. The van der Waals surface area contributed by atoms with Crippen molar-refractivity contribution in [1.82, 2.24) is 14.7 Å². The van der Waals surface area contributed by atoms with Crippen LogP contribution in [-0.4, -0.2) is 24.9 Å². The lowest BCUT2D eigenvalue weighted by Crippen LogP contribution is -2.34. The van der Waals surface area contributed by atoms with Crippen LogP contribution < -0.4 is 4.72 Å². The first-order chi connectivity index (χ1) is 9.27. The fourth-order valence-electron chi connectivity index (χ4n) is 1.75. The Balaban J connectivity index is 2.61. The van der Waals surface area contributed by atoms with Crippen LogP contribution in [0.5, 0.6) is 0 Å². The van der Waals surface area contributed by atoms with Crippen molar-refractivity contribution in [3.05, 3.63) is 17.7 Å². The lowest BCUT2D eigenvalue weighted by molar-refractivity contribution is 0.320. The van der Waals surface area contributed by atoms with Crippen LogP contribution in [-0.2, 0) is 10.0 Å². The molecule has 0 radical (unpaired) electrons. The van der Waals surface area contributed by atoms with Crippen LogP contribution >= 0.6 is 11.6 Å². The van der Waals surface area contributed by atoms with Gasteiger partial charge in [0.1, 0.15) is 4.90 Å². The molecule has 1 heterocycles. The standard InChI is InChI=1S/C13H22ClN3O2S/c1-4-5-6-7-13(2,3)10-17-20(18,19)11-8-15-12(14)16-9-11/h8-9,17H,4-7,10H2,1-3H3. The van der Waals surface area contributed by atoms with Gasteiger partial charge in [0, 0.05) is 6.54 Å². The molecule has 20 heavy (non-hydrogen) atoms. The number of hydrogen-bond donors (Lipinski definition) is 1. The van der Waals surface area contributed by atoms with E-state index in [2.05, 4.69) is 35.5 Å². The smallest absolute Gasteiger partial charge is 0.225 e. The maximum atomic E-state index is 12.1. The minimum Gasteiger partial charge on any atom is -0.225 e. The van der Waals surface area contributed by atoms with E-state index in [9.17, 15) is 8.42 Å². The maximum Gasteiger partial charge on any atom is 0.243 e. The summed E-state index contributed by atoms with van der Waals surface area (Å²) >= 11 is 5.54. The molecular formula is C13H22ClN3O2S. The van der Waals surface area contributed by atoms with Gasteiger partial charge in [-0.1, -0.05) is 40.0 Å². The van der Waals surface area contributed by atoms with Crippen molar-refractivity contribution in [1.29, 1.82) is 0 Å². The number of aromatic nitrogens is 2. The Morgan fingerprint density at radius 1 is 1.25 bits per heavy atom. The lowest BCUT2D eigenvalue weighted by atomic mass is 9.87. The Morgan fingerprint density at radius 2 is 1.85 bits per heavy atom. The minimum atomic E-state index is -3.57. The third-order valence-corrected chi connectivity index (χ3v) is 4.66. The van der Waals surface area contributed by atoms with E-state index in [1.807, 2.05) is 0 Å². The Morgan fingerprint density at radius 3 is 2.40 bits per heavy atom. The fourth-order valence-corrected chi connectivity index (χ4v) is 2.98. The van der Waals surface area contributed by atoms with Crippen molar-refractivity contribution in [2.75, 3.05) is 6.54 Å². The van der Waals surface area contributed by atoms with E-state index in [-0.39, 0.29) is 15.6 Å². The average Bonchev–Trinajstić information content (AvgIpc) is 2.37. The average molecular weight is 320 g/mol. The fraction of sp³-hybridized carbons (Fsp3) is 0.692. The Kier molecular flexibility index (Phi) is 6.36. The molecule has 0 atom stereocenters. The van der Waals surface area contributed by atoms with Crippen LogP contribution in [0, 0.1) is 5.41 Å². The topological polar surface area (TPSA) is 72.0 Å². The van der Waals surface area contributed by atoms with E-state index in [0.29, 0.717) is 6.54 Å². The van der Waals surface area contributed by atoms with E-state index < -0.39 is 10.0 Å². The van der Waals surface area contributed by atoms with Gasteiger partial charge in [-0.2, -0.15) is 0 Å². The molecule has 0 aliphatic carbocycles. The largest absolute Gasteiger partial charge is 0.243 e. The highest BCUT2D eigenvalue weighted by atomic mass is 35.5. The number of nitrogens with zero attached hydrogens (tertiary/aromatic N) is 2. The van der Waals surface area contributed by atoms with Crippen molar-refractivity contribution < 1.29 is 8.42 Å². The van der Waals surface area contributed by atoms with Crippen molar-refractivity contribution in [2.24, 2.45) is 5.41 Å². The van der Waals surface area contributed by atoms with Gasteiger partial charge in [-0.05, 0) is 23.4 Å². The molecule has 0 aliphatic rings. The lowest BCUT2D eigenvalue weighted by Gasteiger charge is -2.24. The first-order valence-corrected chi connectivity index (χ1v) is 8.60. The summed E-state index contributed by atoms with van der Waals surface area (Å²) < 4.78 is 26.8. The molecule has 5 nitrogen and oxygen atoms in total. The number of sulfonamides is 1. The van der Waals surface area contributed by atoms with Gasteiger partial charge in [0.05, 0.1) is 12.4 Å². The molecule has 0 spiro atoms. The highest BCUT2D eigenvalue weighted by Crippen LogP contribution is 2.23. The van der Waals surface area contributed by atoms with Crippen LogP contribution in [0.3, 0.4) is 0 Å². The number of nitrogens with one attached hydrogen (secondary N) is 1. The second-order valence-corrected chi connectivity index (χ2v) is 7.74. The molecule has 1 aromatic heterocycles. The summed E-state index contributed by atoms with van der Waals surface area (Å²) in [6.45, 7) is 6.66. The molecule has 0 fully saturated rings. The van der Waals surface area contributed by atoms with Crippen LogP contribution in [0.1, 0.15) is 46.5 Å². The SMILES string of the molecule is CCCCCC(C)(C)CNS(=O)(=O)c1cnc(Cl)nc1. The molecule has 0 amide bonds. The van der Waals surface area contributed by atoms with Gasteiger partial charge in [0.15, 0.2) is 0 Å². The molecule has 0 aliphatic heterocycles. The van der Waals surface area contributed by atoms with Crippen LogP contribution in [0.25, 0.3) is 0 Å². The molecule has 0 aromatic carbocycles. The number of hydrogen-bond acceptors (Lipinski definition) is 4. The molecule has 0 saturated heterocycles. The van der Waals surface area contributed by atoms with Crippen LogP contribution in [0.2, 0.25) is 5.28 Å². The highest BCUT2D eigenvalue weighted by Gasteiger charge is 2.22. The minimum absolute atomic E-state index is 0.0313. The van der Waals surface area contributed by atoms with Crippen molar-refractivity contribution in [3.63, 3.8) is 0 Å². The molecule has 0 unspecified atom stereocenters. The zero-order valence-corrected chi connectivity index (χ0v) is 13.8. The zero-order valence-electron chi connectivity index (χ0n) is 12.2. The van der Waals surface area contributed by atoms with Crippen LogP contribution in [0.4, 0.5) is 0 Å². The second kappa shape index (κ2) is 7.33. The zero-order chi connectivity index (χ0) is 15.2. The van der Waals surface area contributed by atoms with Crippen LogP contribution in [0.15, 0.2) is 17.3 Å². The van der Waals surface area contributed by atoms with Gasteiger partial charge in [-0.25, -0.2) is 23.1 Å². The molecule has 0 bridgehead atoms. The Hall–Kier alpha value is -0.720. The second-order valence-electron chi connectivity index (χ2n) is 5.63. The van der Waals surface area contributed by atoms with Crippen molar-refractivity contribution >= 4 is 21.6 Å². The van der Waals surface area contributed by atoms with Gasteiger partial charge < -0.3 is 0 Å². The molecule has 1 aromatic rings. The van der Waals surface area contributed by atoms with Crippen molar-refractivity contribution in [3.8, 4) is 0 Å². The van der Waals surface area contributed by atoms with Gasteiger partial charge >= 0.3 is 0 Å². The third kappa shape index (κ3) is 5.73. The summed E-state index contributed by atoms with van der Waals surface area (Å²) in [6.07, 6.45) is 6.84. The summed E-state index contributed by atoms with van der Waals surface area (Å²) in [4.78, 5) is 7.40. The van der Waals surface area contributed by atoms with E-state index >= 15 is 0 Å². The van der Waals surface area contributed by atoms with Gasteiger partial charge in [-0.15, -0.1) is 0 Å². The summed E-state index contributed by atoms with van der Waals surface area (Å²) in [5.41, 5.74) is -0.0739. The number of unbranched alkanes of at least 4 members (excludes halogenated alkanes) is 2. The van der Waals surface area contributed by atoms with Gasteiger partial charge in [0.2, 0.25) is 15.3 Å². The summed E-state index contributed by atoms with van der Waals surface area (Å²) in [6, 6.07) is 0. The number of rotatable bonds is 8. The Labute approximate surface area is 126 Å². The van der Waals surface area contributed by atoms with E-state index in [1.54, 1.807) is 0 Å². The normalized spacial score (nSPS) is 12.6. The molecule has 114 valence electrons. The highest BCUT2D eigenvalue weighted by molar-refractivity contribution is 7.89. The molecule has 7 heteroatoms. The number of halogens is 1. The van der Waals surface area contributed by atoms with Gasteiger partial charge in [-0.3, -0.25) is 0 Å². The Bertz CT molecular complexity index is 515. The summed E-state index contributed by atoms with van der Waals surface area (Å²) in [5.74, 6) is 0. The van der Waals surface area contributed by atoms with E-state index in [1.165, 1.54) is 18.8 Å². The predicted molar refractivity (Wildman–Crippen MR) is 80.2 cm³/mol. The summed E-state index contributed by atoms with van der Waals surface area (Å²) in [5, 5.41) is 0.0313. The van der Waals surface area contributed by atoms with E-state index in [4.69, 9.17) is 11.6 Å². The third-order valence-electron chi connectivity index (χ3n) is 3.10. The molecule has 1 rings (SSSR count). The molecule has 0 saturated carbocycles. The first-order valence-electron chi connectivity index (χ1n) is 6.74. The summed E-state index contributed by atoms with van der Waals surface area (Å²) in [7, 11) is -3.57. The van der Waals surface area contributed by atoms with Gasteiger partial charge in [0.25, 0.3) is 0 Å². The molecular weight excluding hydrogens is 298 g/mol. The predicted octanol–water partition coefficient (Wildman–Crippen LogP) is 3.01. The van der Waals surface area contributed by atoms with Crippen molar-refractivity contribution in [2.45, 2.75) is 51.3 Å². The monoisotopic (exact) mass is 319 g/mol. The quantitative estimate of drug-likeness (QED) is 0.590. The van der Waals surface area contributed by atoms with E-state index in [0.717, 1.165) is 19.3 Å². The maximum absolute atomic E-state index is 12.1.